The lowest BCUT2D eigenvalue weighted by molar-refractivity contribution is -0.141. The number of halogens is 3. The third kappa shape index (κ3) is 2.54. The van der Waals surface area contributed by atoms with Crippen molar-refractivity contribution in [3.63, 3.8) is 0 Å². The minimum absolute atomic E-state index is 0.294. The predicted octanol–water partition coefficient (Wildman–Crippen LogP) is 1.42. The molecule has 1 unspecified atom stereocenters. The lowest BCUT2D eigenvalue weighted by Gasteiger charge is -2.25. The van der Waals surface area contributed by atoms with E-state index < -0.39 is 17.9 Å². The van der Waals surface area contributed by atoms with E-state index in [9.17, 15) is 18.0 Å². The molecule has 2 N–H and O–H groups in total. The van der Waals surface area contributed by atoms with Gasteiger partial charge in [-0.15, -0.1) is 0 Å². The first kappa shape index (κ1) is 13.7. The van der Waals surface area contributed by atoms with E-state index in [1.165, 1.54) is 12.4 Å². The normalized spacial score (nSPS) is 18.3. The summed E-state index contributed by atoms with van der Waals surface area (Å²) in [4.78, 5) is 22.0. The molecule has 1 atom stereocenters. The molecule has 0 spiro atoms. The van der Waals surface area contributed by atoms with Crippen molar-refractivity contribution >= 4 is 0 Å². The maximum Gasteiger partial charge on any atom is 0.433 e. The van der Waals surface area contributed by atoms with Gasteiger partial charge in [0, 0.05) is 19.2 Å². The number of pyridine rings is 1. The number of rotatable bonds is 1. The number of alkyl halides is 3. The minimum Gasteiger partial charge on any atom is -0.313 e. The molecule has 2 aromatic rings. The zero-order chi connectivity index (χ0) is 15.0. The van der Waals surface area contributed by atoms with Crippen molar-refractivity contribution < 1.29 is 13.2 Å². The van der Waals surface area contributed by atoms with Crippen molar-refractivity contribution in [2.75, 3.05) is 6.54 Å². The van der Waals surface area contributed by atoms with Crippen molar-refractivity contribution in [2.45, 2.75) is 18.6 Å². The number of nitrogens with zero attached hydrogens (tertiary/aromatic N) is 2. The van der Waals surface area contributed by atoms with Gasteiger partial charge >= 0.3 is 6.18 Å². The third-order valence-electron chi connectivity index (χ3n) is 3.38. The summed E-state index contributed by atoms with van der Waals surface area (Å²) in [5.41, 5.74) is 0.342. The van der Waals surface area contributed by atoms with Crippen LogP contribution in [0.15, 0.2) is 29.5 Å². The Balaban J connectivity index is 2.02. The third-order valence-corrected chi connectivity index (χ3v) is 3.38. The summed E-state index contributed by atoms with van der Waals surface area (Å²) in [7, 11) is 0. The molecule has 1 aliphatic heterocycles. The highest BCUT2D eigenvalue weighted by atomic mass is 19.4. The molecule has 3 rings (SSSR count). The molecule has 0 aliphatic carbocycles. The summed E-state index contributed by atoms with van der Waals surface area (Å²) in [6.07, 6.45) is -1.41. The van der Waals surface area contributed by atoms with Crippen molar-refractivity contribution in [2.24, 2.45) is 0 Å². The summed E-state index contributed by atoms with van der Waals surface area (Å²) in [5, 5.41) is 3.11. The Labute approximate surface area is 117 Å². The molecule has 0 aromatic carbocycles. The van der Waals surface area contributed by atoms with Crippen LogP contribution in [0, 0.1) is 0 Å². The van der Waals surface area contributed by atoms with Gasteiger partial charge in [-0.2, -0.15) is 13.2 Å². The van der Waals surface area contributed by atoms with E-state index in [4.69, 9.17) is 0 Å². The first-order chi connectivity index (χ1) is 9.97. The van der Waals surface area contributed by atoms with E-state index in [1.807, 2.05) is 0 Å². The first-order valence-corrected chi connectivity index (χ1v) is 6.30. The Bertz CT molecular complexity index is 709. The van der Waals surface area contributed by atoms with E-state index in [1.54, 1.807) is 0 Å². The van der Waals surface area contributed by atoms with Gasteiger partial charge < -0.3 is 10.3 Å². The van der Waals surface area contributed by atoms with E-state index in [-0.39, 0.29) is 5.56 Å². The molecule has 0 fully saturated rings. The number of hydrogen-bond donors (Lipinski definition) is 2. The molecule has 0 saturated carbocycles. The Hall–Kier alpha value is -2.22. The monoisotopic (exact) mass is 296 g/mol. The summed E-state index contributed by atoms with van der Waals surface area (Å²) in [6, 6.07) is 1.74. The molecule has 2 aromatic heterocycles. The van der Waals surface area contributed by atoms with E-state index in [0.29, 0.717) is 29.8 Å². The first-order valence-electron chi connectivity index (χ1n) is 6.30. The summed E-state index contributed by atoms with van der Waals surface area (Å²) in [5.74, 6) is 0. The number of aromatic amines is 1. The fourth-order valence-corrected chi connectivity index (χ4v) is 2.41. The smallest absolute Gasteiger partial charge is 0.313 e. The molecule has 0 saturated heterocycles. The molecule has 1 aliphatic rings. The summed E-state index contributed by atoms with van der Waals surface area (Å²) >= 11 is 0. The van der Waals surface area contributed by atoms with Crippen LogP contribution in [-0.4, -0.2) is 21.5 Å². The summed E-state index contributed by atoms with van der Waals surface area (Å²) < 4.78 is 37.6. The zero-order valence-corrected chi connectivity index (χ0v) is 10.7. The van der Waals surface area contributed by atoms with E-state index in [0.717, 1.165) is 12.3 Å². The quantitative estimate of drug-likeness (QED) is 0.835. The molecule has 3 heterocycles. The fraction of sp³-hybridized carbons (Fsp3) is 0.308. The summed E-state index contributed by atoms with van der Waals surface area (Å²) in [6.45, 7) is 0.592. The highest BCUT2D eigenvalue weighted by molar-refractivity contribution is 5.34. The maximum atomic E-state index is 12.5. The van der Waals surface area contributed by atoms with E-state index >= 15 is 0 Å². The van der Waals surface area contributed by atoms with Gasteiger partial charge in [-0.1, -0.05) is 6.07 Å². The van der Waals surface area contributed by atoms with Gasteiger partial charge in [0.1, 0.15) is 5.69 Å². The predicted molar refractivity (Wildman–Crippen MR) is 67.6 cm³/mol. The van der Waals surface area contributed by atoms with Gasteiger partial charge in [-0.25, -0.2) is 4.98 Å². The average molecular weight is 296 g/mol. The second kappa shape index (κ2) is 4.96. The Morgan fingerprint density at radius 3 is 2.71 bits per heavy atom. The minimum atomic E-state index is -4.48. The number of H-pyrrole nitrogens is 1. The van der Waals surface area contributed by atoms with Crippen LogP contribution in [-0.2, 0) is 12.6 Å². The van der Waals surface area contributed by atoms with Crippen LogP contribution in [0.2, 0.25) is 0 Å². The molecule has 110 valence electrons. The van der Waals surface area contributed by atoms with Gasteiger partial charge in [0.05, 0.1) is 23.6 Å². The number of fused-ring (bicyclic) bond motifs is 1. The maximum absolute atomic E-state index is 12.5. The van der Waals surface area contributed by atoms with Gasteiger partial charge in [0.15, 0.2) is 0 Å². The standard InChI is InChI=1S/C13H11F3N4O/c14-13(15,16)9-2-1-7(5-18-9)11-10-8(3-4-17-11)19-6-20-12(10)21/h1-2,5-6,11,17H,3-4H2,(H,19,20,21). The highest BCUT2D eigenvalue weighted by Gasteiger charge is 2.33. The number of nitrogens with one attached hydrogen (secondary N) is 2. The van der Waals surface area contributed by atoms with Crippen molar-refractivity contribution in [3.05, 3.63) is 57.5 Å². The zero-order valence-electron chi connectivity index (χ0n) is 10.7. The van der Waals surface area contributed by atoms with Crippen LogP contribution >= 0.6 is 0 Å². The fourth-order valence-electron chi connectivity index (χ4n) is 2.41. The Morgan fingerprint density at radius 2 is 2.05 bits per heavy atom. The van der Waals surface area contributed by atoms with Crippen LogP contribution in [0.5, 0.6) is 0 Å². The van der Waals surface area contributed by atoms with Gasteiger partial charge in [-0.3, -0.25) is 9.78 Å². The molecule has 0 bridgehead atoms. The SMILES string of the molecule is O=c1[nH]cnc2c1C(c1ccc(C(F)(F)F)nc1)NCC2. The van der Waals surface area contributed by atoms with Crippen molar-refractivity contribution in [3.8, 4) is 0 Å². The van der Waals surface area contributed by atoms with Crippen LogP contribution in [0.1, 0.15) is 28.6 Å². The number of aromatic nitrogens is 3. The lowest BCUT2D eigenvalue weighted by atomic mass is 9.95. The molecule has 0 radical (unpaired) electrons. The average Bonchev–Trinajstić information content (AvgIpc) is 2.46. The van der Waals surface area contributed by atoms with Crippen molar-refractivity contribution in [1.82, 2.24) is 20.3 Å². The number of hydrogen-bond acceptors (Lipinski definition) is 4. The second-order valence-electron chi connectivity index (χ2n) is 4.70. The Morgan fingerprint density at radius 1 is 1.24 bits per heavy atom. The largest absolute Gasteiger partial charge is 0.433 e. The molecule has 21 heavy (non-hydrogen) atoms. The van der Waals surface area contributed by atoms with Crippen LogP contribution in [0.3, 0.4) is 0 Å². The van der Waals surface area contributed by atoms with Crippen LogP contribution in [0.25, 0.3) is 0 Å². The van der Waals surface area contributed by atoms with Gasteiger partial charge in [0.25, 0.3) is 5.56 Å². The molecule has 8 heteroatoms. The van der Waals surface area contributed by atoms with Gasteiger partial charge in [-0.05, 0) is 11.6 Å². The molecule has 5 nitrogen and oxygen atoms in total. The topological polar surface area (TPSA) is 70.7 Å². The van der Waals surface area contributed by atoms with Crippen LogP contribution < -0.4 is 10.9 Å². The lowest BCUT2D eigenvalue weighted by Crippen LogP contribution is -2.36. The van der Waals surface area contributed by atoms with Crippen LogP contribution in [0.4, 0.5) is 13.2 Å². The molecule has 0 amide bonds. The Kier molecular flexibility index (Phi) is 3.25. The molecular weight excluding hydrogens is 285 g/mol. The van der Waals surface area contributed by atoms with E-state index in [2.05, 4.69) is 20.3 Å². The van der Waals surface area contributed by atoms with Gasteiger partial charge in [0.2, 0.25) is 0 Å². The second-order valence-corrected chi connectivity index (χ2v) is 4.70. The molecular formula is C13H11F3N4O. The highest BCUT2D eigenvalue weighted by Crippen LogP contribution is 2.29. The van der Waals surface area contributed by atoms with Crippen molar-refractivity contribution in [1.29, 1.82) is 0 Å².